The summed E-state index contributed by atoms with van der Waals surface area (Å²) in [6.45, 7) is 2.29. The molecular formula is C57H40. The topological polar surface area (TPSA) is 0 Å². The van der Waals surface area contributed by atoms with Crippen LogP contribution in [0.3, 0.4) is 0 Å². The normalized spacial score (nSPS) is 14.2. The van der Waals surface area contributed by atoms with Crippen molar-refractivity contribution in [2.45, 2.75) is 13.3 Å². The van der Waals surface area contributed by atoms with Gasteiger partial charge in [-0.2, -0.15) is 0 Å². The highest BCUT2D eigenvalue weighted by atomic mass is 14.2. The number of benzene rings is 10. The van der Waals surface area contributed by atoms with Crippen LogP contribution in [-0.4, -0.2) is 0 Å². The second-order valence-corrected chi connectivity index (χ2v) is 15.6. The molecule has 0 nitrogen and oxygen atoms in total. The standard InChI is InChI=1S/C57H40/c1-37-26-28-39(29-27-37)55-48-20-7-11-24-52(48)57(53-25-12-8-21-49(53)55)45-33-32-42-34-41(30-31-43(42)36-45)40-16-13-17-44(35-40)56-50-22-9-5-18-46(50)54(38-14-3-2-4-15-38)47-19-6-10-23-51(47)56/h2-26,28-37H,27H2,1H3. The van der Waals surface area contributed by atoms with Crippen LogP contribution in [0, 0.1) is 5.92 Å². The number of allylic oxidation sites excluding steroid dienone is 4. The molecule has 0 aliphatic heterocycles. The molecule has 11 rings (SSSR count). The zero-order valence-electron chi connectivity index (χ0n) is 31.9. The van der Waals surface area contributed by atoms with Gasteiger partial charge in [0, 0.05) is 0 Å². The molecule has 0 heterocycles. The Balaban J connectivity index is 1.03. The average Bonchev–Trinajstić information content (AvgIpc) is 3.27. The molecule has 0 N–H and O–H groups in total. The SMILES string of the molecule is CC1C=CC(c2c3ccccc3c(-c3ccc4cc(-c5cccc(-c6c7ccccc7c(-c7ccccc7)c7ccccc67)c5)ccc4c3)c3ccccc23)=CC1. The molecule has 0 saturated carbocycles. The summed E-state index contributed by atoms with van der Waals surface area (Å²) >= 11 is 0. The van der Waals surface area contributed by atoms with Gasteiger partial charge in [0.1, 0.15) is 0 Å². The van der Waals surface area contributed by atoms with E-state index in [1.54, 1.807) is 0 Å². The highest BCUT2D eigenvalue weighted by Crippen LogP contribution is 2.46. The van der Waals surface area contributed by atoms with Crippen molar-refractivity contribution >= 4 is 59.4 Å². The molecule has 57 heavy (non-hydrogen) atoms. The second kappa shape index (κ2) is 13.6. The molecule has 0 saturated heterocycles. The molecular weight excluding hydrogens is 685 g/mol. The van der Waals surface area contributed by atoms with Gasteiger partial charge in [0.2, 0.25) is 0 Å². The van der Waals surface area contributed by atoms with Gasteiger partial charge in [0.05, 0.1) is 0 Å². The van der Waals surface area contributed by atoms with Gasteiger partial charge in [-0.15, -0.1) is 0 Å². The van der Waals surface area contributed by atoms with Crippen molar-refractivity contribution < 1.29 is 0 Å². The number of fused-ring (bicyclic) bond motifs is 5. The van der Waals surface area contributed by atoms with Crippen molar-refractivity contribution in [3.63, 3.8) is 0 Å². The van der Waals surface area contributed by atoms with E-state index in [9.17, 15) is 0 Å². The lowest BCUT2D eigenvalue weighted by Gasteiger charge is -2.20. The summed E-state index contributed by atoms with van der Waals surface area (Å²) in [6, 6.07) is 69.7. The fraction of sp³-hybridized carbons (Fsp3) is 0.0526. The first-order valence-corrected chi connectivity index (χ1v) is 20.2. The zero-order valence-corrected chi connectivity index (χ0v) is 31.9. The molecule has 1 unspecified atom stereocenters. The minimum atomic E-state index is 0.575. The fourth-order valence-corrected chi connectivity index (χ4v) is 9.45. The number of hydrogen-bond acceptors (Lipinski definition) is 0. The number of rotatable bonds is 5. The summed E-state index contributed by atoms with van der Waals surface area (Å²) in [5, 5.41) is 12.8. The Morgan fingerprint density at radius 1 is 0.333 bits per heavy atom. The molecule has 0 aromatic heterocycles. The highest BCUT2D eigenvalue weighted by molar-refractivity contribution is 6.22. The third-order valence-electron chi connectivity index (χ3n) is 12.1. The van der Waals surface area contributed by atoms with Crippen LogP contribution < -0.4 is 0 Å². The van der Waals surface area contributed by atoms with Crippen molar-refractivity contribution in [3.8, 4) is 44.5 Å². The summed E-state index contributed by atoms with van der Waals surface area (Å²) in [7, 11) is 0. The lowest BCUT2D eigenvalue weighted by atomic mass is 9.83. The Kier molecular flexibility index (Phi) is 7.97. The van der Waals surface area contributed by atoms with E-state index in [0.717, 1.165) is 6.42 Å². The Bertz CT molecular complexity index is 3150. The van der Waals surface area contributed by atoms with E-state index < -0.39 is 0 Å². The summed E-state index contributed by atoms with van der Waals surface area (Å²) in [5.74, 6) is 0.575. The first-order chi connectivity index (χ1) is 28.2. The molecule has 1 aliphatic rings. The van der Waals surface area contributed by atoms with E-state index in [1.165, 1.54) is 110 Å². The molecule has 0 bridgehead atoms. The van der Waals surface area contributed by atoms with Crippen LogP contribution in [0.4, 0.5) is 0 Å². The zero-order chi connectivity index (χ0) is 37.9. The van der Waals surface area contributed by atoms with Gasteiger partial charge in [-0.3, -0.25) is 0 Å². The first-order valence-electron chi connectivity index (χ1n) is 20.2. The van der Waals surface area contributed by atoms with E-state index in [-0.39, 0.29) is 0 Å². The predicted molar refractivity (Wildman–Crippen MR) is 247 cm³/mol. The van der Waals surface area contributed by atoms with Crippen molar-refractivity contribution in [2.24, 2.45) is 5.92 Å². The van der Waals surface area contributed by atoms with Gasteiger partial charge in [0.15, 0.2) is 0 Å². The van der Waals surface area contributed by atoms with Crippen LogP contribution in [0.5, 0.6) is 0 Å². The maximum absolute atomic E-state index is 2.42. The minimum Gasteiger partial charge on any atom is -0.0808 e. The van der Waals surface area contributed by atoms with E-state index >= 15 is 0 Å². The fourth-order valence-electron chi connectivity index (χ4n) is 9.45. The van der Waals surface area contributed by atoms with Crippen molar-refractivity contribution in [1.82, 2.24) is 0 Å². The lowest BCUT2D eigenvalue weighted by molar-refractivity contribution is 0.739. The Hall–Kier alpha value is -7.02. The van der Waals surface area contributed by atoms with Gasteiger partial charge in [-0.1, -0.05) is 195 Å². The van der Waals surface area contributed by atoms with Crippen LogP contribution in [0.2, 0.25) is 0 Å². The van der Waals surface area contributed by atoms with E-state index in [0.29, 0.717) is 5.92 Å². The van der Waals surface area contributed by atoms with Gasteiger partial charge in [-0.05, 0) is 140 Å². The Morgan fingerprint density at radius 2 is 0.719 bits per heavy atom. The molecule has 268 valence electrons. The van der Waals surface area contributed by atoms with Crippen LogP contribution >= 0.6 is 0 Å². The highest BCUT2D eigenvalue weighted by Gasteiger charge is 2.19. The maximum atomic E-state index is 2.42. The quantitative estimate of drug-likeness (QED) is 0.155. The molecule has 1 aliphatic carbocycles. The molecule has 0 amide bonds. The lowest BCUT2D eigenvalue weighted by Crippen LogP contribution is -1.97. The third kappa shape index (κ3) is 5.60. The van der Waals surface area contributed by atoms with E-state index in [4.69, 9.17) is 0 Å². The van der Waals surface area contributed by atoms with E-state index in [2.05, 4.69) is 213 Å². The molecule has 1 atom stereocenters. The molecule has 10 aromatic carbocycles. The Labute approximate surface area is 333 Å². The monoisotopic (exact) mass is 724 g/mol. The molecule has 10 aromatic rings. The van der Waals surface area contributed by atoms with Gasteiger partial charge < -0.3 is 0 Å². The molecule has 0 spiro atoms. The molecule has 0 radical (unpaired) electrons. The van der Waals surface area contributed by atoms with Crippen LogP contribution in [0.15, 0.2) is 206 Å². The smallest absolute Gasteiger partial charge is 0.00262 e. The van der Waals surface area contributed by atoms with Crippen LogP contribution in [0.25, 0.3) is 104 Å². The van der Waals surface area contributed by atoms with Crippen LogP contribution in [0.1, 0.15) is 18.9 Å². The summed E-state index contributed by atoms with van der Waals surface area (Å²) < 4.78 is 0. The van der Waals surface area contributed by atoms with E-state index in [1.807, 2.05) is 0 Å². The number of hydrogen-bond donors (Lipinski definition) is 0. The largest absolute Gasteiger partial charge is 0.0808 e. The second-order valence-electron chi connectivity index (χ2n) is 15.6. The molecule has 0 fully saturated rings. The van der Waals surface area contributed by atoms with Crippen molar-refractivity contribution in [1.29, 1.82) is 0 Å². The Morgan fingerprint density at radius 3 is 1.23 bits per heavy atom. The van der Waals surface area contributed by atoms with Gasteiger partial charge in [0.25, 0.3) is 0 Å². The van der Waals surface area contributed by atoms with Gasteiger partial charge >= 0.3 is 0 Å². The van der Waals surface area contributed by atoms with Gasteiger partial charge in [-0.25, -0.2) is 0 Å². The summed E-state index contributed by atoms with van der Waals surface area (Å²) in [4.78, 5) is 0. The predicted octanol–water partition coefficient (Wildman–Crippen LogP) is 16.1. The van der Waals surface area contributed by atoms with Crippen molar-refractivity contribution in [2.75, 3.05) is 0 Å². The van der Waals surface area contributed by atoms with Crippen LogP contribution in [-0.2, 0) is 0 Å². The van der Waals surface area contributed by atoms with Crippen molar-refractivity contribution in [3.05, 3.63) is 212 Å². The summed E-state index contributed by atoms with van der Waals surface area (Å²) in [5.41, 5.74) is 12.7. The maximum Gasteiger partial charge on any atom is -0.00262 e. The third-order valence-corrected chi connectivity index (χ3v) is 12.1. The summed E-state index contributed by atoms with van der Waals surface area (Å²) in [6.07, 6.45) is 8.18. The minimum absolute atomic E-state index is 0.575. The molecule has 0 heteroatoms. The first kappa shape index (κ1) is 33.3. The average molecular weight is 725 g/mol.